The van der Waals surface area contributed by atoms with Gasteiger partial charge in [-0.25, -0.2) is 4.68 Å². The molecule has 4 aliphatic rings. The maximum Gasteiger partial charge on any atom is 0.0710 e. The van der Waals surface area contributed by atoms with Crippen molar-refractivity contribution in [3.8, 4) is 5.69 Å². The van der Waals surface area contributed by atoms with Gasteiger partial charge in [-0.3, -0.25) is 0 Å². The van der Waals surface area contributed by atoms with Crippen LogP contribution in [0.3, 0.4) is 0 Å². The van der Waals surface area contributed by atoms with Crippen LogP contribution < -0.4 is 5.32 Å². The first-order chi connectivity index (χ1) is 16.4. The summed E-state index contributed by atoms with van der Waals surface area (Å²) in [5.74, 6) is 3.84. The standard InChI is InChI=1S/C30H43N3O/c1-29-15-13-23(34)17-21(29)9-10-24-25-11-12-27(30(25,2)16-14-26(24)29)28-20(18-31-3)19-33(32-28)22-7-5-4-6-8-22/h4-8,19,21,23-27,31,34H,9-18H2,1-3H3/t21?,23-,24-,25-,26-,27+,29-,30-/m0/s1. The summed E-state index contributed by atoms with van der Waals surface area (Å²) in [6, 6.07) is 10.6. The number of hydrogen-bond donors (Lipinski definition) is 2. The van der Waals surface area contributed by atoms with E-state index < -0.39 is 0 Å². The number of aromatic nitrogens is 2. The number of aliphatic hydroxyl groups excluding tert-OH is 1. The number of para-hydroxylation sites is 1. The normalized spacial score (nSPS) is 41.5. The van der Waals surface area contributed by atoms with E-state index in [1.165, 1.54) is 56.2 Å². The first kappa shape index (κ1) is 22.8. The molecular weight excluding hydrogens is 418 g/mol. The van der Waals surface area contributed by atoms with E-state index in [-0.39, 0.29) is 6.10 Å². The van der Waals surface area contributed by atoms with Crippen molar-refractivity contribution >= 4 is 0 Å². The number of rotatable bonds is 4. The zero-order chi connectivity index (χ0) is 23.5. The third-order valence-corrected chi connectivity index (χ3v) is 11.2. The Morgan fingerprint density at radius 3 is 2.53 bits per heavy atom. The zero-order valence-corrected chi connectivity index (χ0v) is 21.3. The first-order valence-electron chi connectivity index (χ1n) is 13.9. The summed E-state index contributed by atoms with van der Waals surface area (Å²) in [7, 11) is 2.05. The number of benzene rings is 1. The Balaban J connectivity index is 1.31. The summed E-state index contributed by atoms with van der Waals surface area (Å²) < 4.78 is 2.11. The molecule has 0 amide bonds. The molecular formula is C30H43N3O. The Hall–Kier alpha value is -1.65. The monoisotopic (exact) mass is 461 g/mol. The maximum atomic E-state index is 10.4. The maximum absolute atomic E-state index is 10.4. The lowest BCUT2D eigenvalue weighted by Gasteiger charge is -2.61. The zero-order valence-electron chi connectivity index (χ0n) is 21.3. The molecule has 1 unspecified atom stereocenters. The molecule has 4 nitrogen and oxygen atoms in total. The lowest BCUT2D eigenvalue weighted by molar-refractivity contribution is -0.123. The van der Waals surface area contributed by atoms with Gasteiger partial charge in [0.2, 0.25) is 0 Å². The van der Waals surface area contributed by atoms with Gasteiger partial charge in [-0.2, -0.15) is 5.10 Å². The molecule has 6 rings (SSSR count). The number of aliphatic hydroxyl groups is 1. The van der Waals surface area contributed by atoms with Crippen molar-refractivity contribution in [3.05, 3.63) is 47.8 Å². The average molecular weight is 462 g/mol. The fraction of sp³-hybridized carbons (Fsp3) is 0.700. The van der Waals surface area contributed by atoms with E-state index in [2.05, 4.69) is 60.4 Å². The largest absolute Gasteiger partial charge is 0.393 e. The molecule has 0 aliphatic heterocycles. The van der Waals surface area contributed by atoms with Crippen molar-refractivity contribution in [3.63, 3.8) is 0 Å². The topological polar surface area (TPSA) is 50.1 Å². The molecule has 1 heterocycles. The van der Waals surface area contributed by atoms with Gasteiger partial charge in [-0.15, -0.1) is 0 Å². The van der Waals surface area contributed by atoms with Crippen LogP contribution in [-0.4, -0.2) is 28.0 Å². The molecule has 8 atom stereocenters. The van der Waals surface area contributed by atoms with Crippen molar-refractivity contribution in [1.82, 2.24) is 15.1 Å². The minimum atomic E-state index is -0.0512. The van der Waals surface area contributed by atoms with Crippen molar-refractivity contribution in [1.29, 1.82) is 0 Å². The van der Waals surface area contributed by atoms with E-state index in [0.29, 0.717) is 16.7 Å². The van der Waals surface area contributed by atoms with Gasteiger partial charge in [-0.05, 0) is 111 Å². The highest BCUT2D eigenvalue weighted by Crippen LogP contribution is 2.69. The van der Waals surface area contributed by atoms with E-state index in [4.69, 9.17) is 5.10 Å². The van der Waals surface area contributed by atoms with Crippen LogP contribution in [0.15, 0.2) is 36.5 Å². The van der Waals surface area contributed by atoms with Gasteiger partial charge in [0.05, 0.1) is 17.5 Å². The van der Waals surface area contributed by atoms with Gasteiger partial charge in [0.25, 0.3) is 0 Å². The first-order valence-corrected chi connectivity index (χ1v) is 13.9. The number of nitrogens with zero attached hydrogens (tertiary/aromatic N) is 2. The van der Waals surface area contributed by atoms with Crippen LogP contribution >= 0.6 is 0 Å². The molecule has 1 aromatic carbocycles. The number of hydrogen-bond acceptors (Lipinski definition) is 3. The van der Waals surface area contributed by atoms with Gasteiger partial charge < -0.3 is 10.4 Å². The van der Waals surface area contributed by atoms with Gasteiger partial charge in [-0.1, -0.05) is 32.0 Å². The highest BCUT2D eigenvalue weighted by Gasteiger charge is 2.60. The van der Waals surface area contributed by atoms with Crippen molar-refractivity contribution in [2.24, 2.45) is 34.5 Å². The van der Waals surface area contributed by atoms with E-state index in [9.17, 15) is 5.11 Å². The van der Waals surface area contributed by atoms with Gasteiger partial charge in [0.1, 0.15) is 0 Å². The summed E-state index contributed by atoms with van der Waals surface area (Å²) in [6.45, 7) is 6.10. The molecule has 184 valence electrons. The molecule has 4 saturated carbocycles. The summed E-state index contributed by atoms with van der Waals surface area (Å²) in [6.07, 6.45) is 13.6. The van der Waals surface area contributed by atoms with Crippen LogP contribution in [0.4, 0.5) is 0 Å². The van der Waals surface area contributed by atoms with Crippen molar-refractivity contribution < 1.29 is 5.11 Å². The van der Waals surface area contributed by atoms with Crippen molar-refractivity contribution in [2.75, 3.05) is 7.05 Å². The Kier molecular flexibility index (Phi) is 5.69. The molecule has 1 aromatic heterocycles. The molecule has 4 heteroatoms. The molecule has 4 aliphatic carbocycles. The Bertz CT molecular complexity index is 1020. The summed E-state index contributed by atoms with van der Waals surface area (Å²) in [5.41, 5.74) is 4.69. The Morgan fingerprint density at radius 1 is 0.971 bits per heavy atom. The fourth-order valence-electron chi connectivity index (χ4n) is 9.44. The van der Waals surface area contributed by atoms with Gasteiger partial charge in [0.15, 0.2) is 0 Å². The van der Waals surface area contributed by atoms with Crippen LogP contribution in [0, 0.1) is 34.5 Å². The predicted molar refractivity (Wildman–Crippen MR) is 137 cm³/mol. The second kappa shape index (κ2) is 8.48. The van der Waals surface area contributed by atoms with Gasteiger partial charge >= 0.3 is 0 Å². The van der Waals surface area contributed by atoms with Crippen LogP contribution in [0.5, 0.6) is 0 Å². The fourth-order valence-corrected chi connectivity index (χ4v) is 9.44. The van der Waals surface area contributed by atoms with E-state index >= 15 is 0 Å². The van der Waals surface area contributed by atoms with E-state index in [1.807, 2.05) is 7.05 Å². The average Bonchev–Trinajstić information content (AvgIpc) is 3.41. The molecule has 4 fully saturated rings. The van der Waals surface area contributed by atoms with Crippen molar-refractivity contribution in [2.45, 2.75) is 90.2 Å². The lowest BCUT2D eigenvalue weighted by atomic mass is 9.44. The van der Waals surface area contributed by atoms with Crippen LogP contribution in [0.1, 0.15) is 88.8 Å². The Morgan fingerprint density at radius 2 is 1.74 bits per heavy atom. The highest BCUT2D eigenvalue weighted by molar-refractivity contribution is 5.35. The molecule has 0 saturated heterocycles. The van der Waals surface area contributed by atoms with E-state index in [0.717, 1.165) is 48.7 Å². The number of nitrogens with one attached hydrogen (secondary N) is 1. The molecule has 2 N–H and O–H groups in total. The molecule has 34 heavy (non-hydrogen) atoms. The smallest absolute Gasteiger partial charge is 0.0710 e. The van der Waals surface area contributed by atoms with Crippen LogP contribution in [0.2, 0.25) is 0 Å². The Labute approximate surface area is 205 Å². The minimum Gasteiger partial charge on any atom is -0.393 e. The highest BCUT2D eigenvalue weighted by atomic mass is 16.3. The summed E-state index contributed by atoms with van der Waals surface area (Å²) in [5, 5.41) is 19.0. The lowest BCUT2D eigenvalue weighted by Crippen LogP contribution is -2.53. The predicted octanol–water partition coefficient (Wildman–Crippen LogP) is 6.08. The second-order valence-corrected chi connectivity index (χ2v) is 12.6. The van der Waals surface area contributed by atoms with Crippen LogP contribution in [0.25, 0.3) is 5.69 Å². The third kappa shape index (κ3) is 3.43. The van der Waals surface area contributed by atoms with Crippen LogP contribution in [-0.2, 0) is 6.54 Å². The summed E-state index contributed by atoms with van der Waals surface area (Å²) >= 11 is 0. The quantitative estimate of drug-likeness (QED) is 0.580. The molecule has 2 aromatic rings. The molecule has 0 spiro atoms. The second-order valence-electron chi connectivity index (χ2n) is 12.6. The molecule has 0 bridgehead atoms. The SMILES string of the molecule is CNCc1cn(-c2ccccc2)nc1[C@H]1CC[C@H]2[C@@H]3CCC4C[C@@H](O)CC[C@]4(C)[C@H]3CC[C@]12C. The molecule has 0 radical (unpaired) electrons. The minimum absolute atomic E-state index is 0.0512. The van der Waals surface area contributed by atoms with Gasteiger partial charge in [0, 0.05) is 24.2 Å². The third-order valence-electron chi connectivity index (χ3n) is 11.2. The van der Waals surface area contributed by atoms with E-state index in [1.54, 1.807) is 0 Å². The number of fused-ring (bicyclic) bond motifs is 5. The summed E-state index contributed by atoms with van der Waals surface area (Å²) in [4.78, 5) is 0.